The van der Waals surface area contributed by atoms with Gasteiger partial charge in [-0.25, -0.2) is 0 Å². The van der Waals surface area contributed by atoms with Crippen molar-refractivity contribution in [3.8, 4) is 0 Å². The van der Waals surface area contributed by atoms with E-state index in [0.717, 1.165) is 50.8 Å². The fourth-order valence-corrected chi connectivity index (χ4v) is 2.11. The van der Waals surface area contributed by atoms with E-state index in [1.54, 1.807) is 0 Å². The van der Waals surface area contributed by atoms with Crippen LogP contribution in [0.1, 0.15) is 33.6 Å². The van der Waals surface area contributed by atoms with Gasteiger partial charge in [0.1, 0.15) is 0 Å². The first-order valence-corrected chi connectivity index (χ1v) is 6.18. The van der Waals surface area contributed by atoms with Crippen LogP contribution in [0.4, 0.5) is 0 Å². The van der Waals surface area contributed by atoms with E-state index < -0.39 is 0 Å². The molecule has 0 spiro atoms. The zero-order valence-corrected chi connectivity index (χ0v) is 10.4. The van der Waals surface area contributed by atoms with Gasteiger partial charge in [-0.2, -0.15) is 0 Å². The van der Waals surface area contributed by atoms with E-state index in [9.17, 15) is 0 Å². The Morgan fingerprint density at radius 3 is 2.27 bits per heavy atom. The largest absolute Gasteiger partial charge is 0.358 e. The Hall–Kier alpha value is -0.570. The van der Waals surface area contributed by atoms with Gasteiger partial charge in [-0.15, -0.1) is 0 Å². The molecule has 15 heavy (non-hydrogen) atoms. The van der Waals surface area contributed by atoms with Gasteiger partial charge in [0.15, 0.2) is 0 Å². The highest BCUT2D eigenvalue weighted by atomic mass is 15.3. The van der Waals surface area contributed by atoms with Crippen LogP contribution in [0.15, 0.2) is 0 Å². The average Bonchev–Trinajstić information content (AvgIpc) is 2.18. The van der Waals surface area contributed by atoms with Crippen molar-refractivity contribution in [1.82, 2.24) is 9.80 Å². The van der Waals surface area contributed by atoms with Crippen LogP contribution in [-0.2, 0) is 0 Å². The van der Waals surface area contributed by atoms with Gasteiger partial charge in [0.05, 0.1) is 5.84 Å². The van der Waals surface area contributed by atoms with Crippen molar-refractivity contribution in [2.75, 3.05) is 32.7 Å². The normalized spacial score (nSPS) is 18.5. The molecule has 3 nitrogen and oxygen atoms in total. The molecule has 0 aromatic heterocycles. The van der Waals surface area contributed by atoms with Crippen molar-refractivity contribution in [2.45, 2.75) is 33.6 Å². The third kappa shape index (κ3) is 4.20. The lowest BCUT2D eigenvalue weighted by molar-refractivity contribution is 0.164. The van der Waals surface area contributed by atoms with Crippen molar-refractivity contribution in [1.29, 1.82) is 5.41 Å². The lowest BCUT2D eigenvalue weighted by Crippen LogP contribution is -2.49. The van der Waals surface area contributed by atoms with E-state index in [2.05, 4.69) is 30.6 Å². The van der Waals surface area contributed by atoms with Crippen molar-refractivity contribution in [3.63, 3.8) is 0 Å². The summed E-state index contributed by atoms with van der Waals surface area (Å²) in [6.07, 6.45) is 2.02. The smallest absolute Gasteiger partial charge is 0.0958 e. The highest BCUT2D eigenvalue weighted by molar-refractivity contribution is 5.79. The maximum Gasteiger partial charge on any atom is 0.0958 e. The van der Waals surface area contributed by atoms with Crippen LogP contribution in [0, 0.1) is 11.3 Å². The van der Waals surface area contributed by atoms with Crippen molar-refractivity contribution in [2.24, 2.45) is 5.92 Å². The molecule has 1 saturated heterocycles. The van der Waals surface area contributed by atoms with Gasteiger partial charge < -0.3 is 4.90 Å². The summed E-state index contributed by atoms with van der Waals surface area (Å²) in [5, 5.41) is 7.90. The number of hydrogen-bond donors (Lipinski definition) is 1. The Balaban J connectivity index is 2.26. The fourth-order valence-electron chi connectivity index (χ4n) is 2.11. The summed E-state index contributed by atoms with van der Waals surface area (Å²) >= 11 is 0. The summed E-state index contributed by atoms with van der Waals surface area (Å²) in [6.45, 7) is 12.2. The van der Waals surface area contributed by atoms with Gasteiger partial charge in [-0.1, -0.05) is 20.8 Å². The lowest BCUT2D eigenvalue weighted by atomic mass is 10.2. The Labute approximate surface area is 94.0 Å². The first-order chi connectivity index (χ1) is 7.13. The molecule has 0 aromatic carbocycles. The number of rotatable bonds is 4. The second kappa shape index (κ2) is 6.11. The Bertz CT molecular complexity index is 193. The number of piperazine rings is 1. The third-order valence-electron chi connectivity index (χ3n) is 2.86. The van der Waals surface area contributed by atoms with E-state index in [-0.39, 0.29) is 0 Å². The molecule has 1 fully saturated rings. The van der Waals surface area contributed by atoms with Gasteiger partial charge in [-0.3, -0.25) is 10.3 Å². The molecule has 3 heteroatoms. The molecule has 0 radical (unpaired) electrons. The molecule has 1 aliphatic heterocycles. The molecule has 1 heterocycles. The quantitative estimate of drug-likeness (QED) is 0.570. The van der Waals surface area contributed by atoms with Gasteiger partial charge in [-0.05, 0) is 12.3 Å². The standard InChI is InChI=1S/C12H25N3/c1-4-5-12(13)15-8-6-14(7-9-15)10-11(2)3/h11,13H,4-10H2,1-3H3. The maximum atomic E-state index is 7.90. The molecule has 1 aliphatic rings. The molecule has 0 aliphatic carbocycles. The fraction of sp³-hybridized carbons (Fsp3) is 0.917. The molecule has 0 atom stereocenters. The molecule has 0 amide bonds. The second-order valence-electron chi connectivity index (χ2n) is 4.88. The first-order valence-electron chi connectivity index (χ1n) is 6.18. The number of amidine groups is 1. The third-order valence-corrected chi connectivity index (χ3v) is 2.86. The van der Waals surface area contributed by atoms with Crippen LogP contribution >= 0.6 is 0 Å². The zero-order chi connectivity index (χ0) is 11.3. The van der Waals surface area contributed by atoms with Crippen molar-refractivity contribution in [3.05, 3.63) is 0 Å². The minimum Gasteiger partial charge on any atom is -0.358 e. The van der Waals surface area contributed by atoms with E-state index in [0.29, 0.717) is 0 Å². The monoisotopic (exact) mass is 211 g/mol. The number of nitrogens with one attached hydrogen (secondary N) is 1. The predicted octanol–water partition coefficient (Wildman–Crippen LogP) is 2.04. The molecule has 0 unspecified atom stereocenters. The summed E-state index contributed by atoms with van der Waals surface area (Å²) in [6, 6.07) is 0. The summed E-state index contributed by atoms with van der Waals surface area (Å²) in [7, 11) is 0. The molecule has 1 N–H and O–H groups in total. The summed E-state index contributed by atoms with van der Waals surface area (Å²) in [4.78, 5) is 4.75. The van der Waals surface area contributed by atoms with E-state index in [1.807, 2.05) is 0 Å². The van der Waals surface area contributed by atoms with Gasteiger partial charge in [0.25, 0.3) is 0 Å². The summed E-state index contributed by atoms with van der Waals surface area (Å²) in [5.74, 6) is 1.59. The Kier molecular flexibility index (Phi) is 5.09. The van der Waals surface area contributed by atoms with E-state index >= 15 is 0 Å². The Morgan fingerprint density at radius 1 is 1.20 bits per heavy atom. The van der Waals surface area contributed by atoms with Crippen LogP contribution in [0.2, 0.25) is 0 Å². The minimum atomic E-state index is 0.756. The van der Waals surface area contributed by atoms with Gasteiger partial charge >= 0.3 is 0 Å². The molecule has 0 saturated carbocycles. The average molecular weight is 211 g/mol. The highest BCUT2D eigenvalue weighted by Crippen LogP contribution is 2.07. The number of hydrogen-bond acceptors (Lipinski definition) is 2. The zero-order valence-electron chi connectivity index (χ0n) is 10.4. The second-order valence-corrected chi connectivity index (χ2v) is 4.88. The molecule has 88 valence electrons. The van der Waals surface area contributed by atoms with Crippen LogP contribution in [0.5, 0.6) is 0 Å². The topological polar surface area (TPSA) is 30.3 Å². The molecular weight excluding hydrogens is 186 g/mol. The van der Waals surface area contributed by atoms with E-state index in [4.69, 9.17) is 5.41 Å². The summed E-state index contributed by atoms with van der Waals surface area (Å²) < 4.78 is 0. The van der Waals surface area contributed by atoms with Gasteiger partial charge in [0.2, 0.25) is 0 Å². The summed E-state index contributed by atoms with van der Waals surface area (Å²) in [5.41, 5.74) is 0. The van der Waals surface area contributed by atoms with Crippen molar-refractivity contribution < 1.29 is 0 Å². The van der Waals surface area contributed by atoms with Crippen LogP contribution < -0.4 is 0 Å². The van der Waals surface area contributed by atoms with Crippen LogP contribution in [0.25, 0.3) is 0 Å². The van der Waals surface area contributed by atoms with Gasteiger partial charge in [0, 0.05) is 39.1 Å². The molecule has 1 rings (SSSR count). The number of nitrogens with zero attached hydrogens (tertiary/aromatic N) is 2. The lowest BCUT2D eigenvalue weighted by Gasteiger charge is -2.36. The van der Waals surface area contributed by atoms with Crippen LogP contribution in [-0.4, -0.2) is 48.4 Å². The molecule has 0 bridgehead atoms. The molecular formula is C12H25N3. The molecule has 0 aromatic rings. The Morgan fingerprint density at radius 2 is 1.80 bits per heavy atom. The van der Waals surface area contributed by atoms with E-state index in [1.165, 1.54) is 6.54 Å². The predicted molar refractivity (Wildman–Crippen MR) is 65.5 cm³/mol. The SMILES string of the molecule is CCCC(=N)N1CCN(CC(C)C)CC1. The maximum absolute atomic E-state index is 7.90. The van der Waals surface area contributed by atoms with Crippen molar-refractivity contribution >= 4 is 5.84 Å². The minimum absolute atomic E-state index is 0.756. The highest BCUT2D eigenvalue weighted by Gasteiger charge is 2.18. The van der Waals surface area contributed by atoms with Crippen LogP contribution in [0.3, 0.4) is 0 Å². The first kappa shape index (κ1) is 12.5.